The third kappa shape index (κ3) is 3.98. The van der Waals surface area contributed by atoms with Crippen molar-refractivity contribution >= 4 is 75.1 Å². The number of para-hydroxylation sites is 2. The first kappa shape index (κ1) is 30.0. The smallest absolute Gasteiger partial charge is 0.137 e. The van der Waals surface area contributed by atoms with Crippen LogP contribution in [0.2, 0.25) is 0 Å². The van der Waals surface area contributed by atoms with E-state index in [-0.39, 0.29) is 5.41 Å². The number of benzene rings is 7. The summed E-state index contributed by atoms with van der Waals surface area (Å²) in [5.41, 5.74) is 13.6. The number of hydrogen-bond donors (Lipinski definition) is 0. The maximum Gasteiger partial charge on any atom is 0.137 e. The van der Waals surface area contributed by atoms with Crippen LogP contribution in [-0.4, -0.2) is 14.1 Å². The summed E-state index contributed by atoms with van der Waals surface area (Å²) < 4.78 is 7.40. The van der Waals surface area contributed by atoms with Crippen LogP contribution in [0.4, 0.5) is 0 Å². The van der Waals surface area contributed by atoms with Crippen LogP contribution in [0, 0.1) is 0 Å². The lowest BCUT2D eigenvalue weighted by molar-refractivity contribution is 0.666. The Morgan fingerprint density at radius 2 is 1.20 bits per heavy atom. The molecule has 4 heterocycles. The molecule has 0 unspecified atom stereocenters. The van der Waals surface area contributed by atoms with Crippen LogP contribution in [0.5, 0.6) is 0 Å². The van der Waals surface area contributed by atoms with Gasteiger partial charge in [-0.3, -0.25) is 4.57 Å². The zero-order chi connectivity index (χ0) is 35.7. The lowest BCUT2D eigenvalue weighted by Crippen LogP contribution is -2.15. The third-order valence-corrected chi connectivity index (χ3v) is 13.1. The second-order valence-corrected chi connectivity index (χ2v) is 16.3. The van der Waals surface area contributed by atoms with Crippen molar-refractivity contribution in [1.82, 2.24) is 14.1 Å². The largest absolute Gasteiger partial charge is 0.309 e. The molecule has 4 heteroatoms. The number of rotatable bonds is 3. The molecular formula is C50H33N3S. The van der Waals surface area contributed by atoms with Crippen molar-refractivity contribution in [2.45, 2.75) is 19.3 Å². The summed E-state index contributed by atoms with van der Waals surface area (Å²) in [5.74, 6) is 0.923. The van der Waals surface area contributed by atoms with Crippen LogP contribution in [-0.2, 0) is 5.41 Å². The molecule has 3 nitrogen and oxygen atoms in total. The Morgan fingerprint density at radius 3 is 2.07 bits per heavy atom. The molecule has 54 heavy (non-hydrogen) atoms. The number of nitrogens with zero attached hydrogens (tertiary/aromatic N) is 3. The Kier molecular flexibility index (Phi) is 6.00. The molecular weight excluding hydrogens is 675 g/mol. The average molecular weight is 708 g/mol. The van der Waals surface area contributed by atoms with E-state index in [0.717, 1.165) is 16.9 Å². The highest BCUT2D eigenvalue weighted by Gasteiger charge is 2.38. The van der Waals surface area contributed by atoms with Gasteiger partial charge in [0.25, 0.3) is 0 Å². The van der Waals surface area contributed by atoms with E-state index in [1.54, 1.807) is 0 Å². The molecule has 1 aliphatic rings. The van der Waals surface area contributed by atoms with Gasteiger partial charge in [-0.15, -0.1) is 11.3 Å². The molecule has 0 aliphatic heterocycles. The van der Waals surface area contributed by atoms with Gasteiger partial charge in [0.2, 0.25) is 0 Å². The molecule has 0 saturated carbocycles. The Bertz CT molecular complexity index is 3340. The molecule has 0 atom stereocenters. The van der Waals surface area contributed by atoms with Crippen LogP contribution in [0.1, 0.15) is 25.0 Å². The molecule has 4 aromatic heterocycles. The first-order valence-electron chi connectivity index (χ1n) is 18.6. The number of fused-ring (bicyclic) bond motifs is 13. The Balaban J connectivity index is 1.03. The van der Waals surface area contributed by atoms with Gasteiger partial charge in [-0.2, -0.15) is 0 Å². The fraction of sp³-hybridized carbons (Fsp3) is 0.0600. The number of thiophene rings is 1. The maximum absolute atomic E-state index is 5.19. The summed E-state index contributed by atoms with van der Waals surface area (Å²) in [6.07, 6.45) is 2.05. The molecule has 0 amide bonds. The zero-order valence-electron chi connectivity index (χ0n) is 29.8. The van der Waals surface area contributed by atoms with Gasteiger partial charge in [0.05, 0.1) is 22.1 Å². The fourth-order valence-corrected chi connectivity index (χ4v) is 10.7. The fourth-order valence-electron chi connectivity index (χ4n) is 9.54. The van der Waals surface area contributed by atoms with Gasteiger partial charge in [0.1, 0.15) is 5.82 Å². The molecule has 0 saturated heterocycles. The minimum Gasteiger partial charge on any atom is -0.309 e. The van der Waals surface area contributed by atoms with Crippen LogP contribution < -0.4 is 0 Å². The SMILES string of the molecule is CC1(C)c2ccccc2-c2ccc3c(c21)c1ccccc1n3-c1ccc(-c2ccc3c(c2)c2cc4c(cc2n3-c2ccccc2)sc2ccccc24)cn1. The molecule has 0 bridgehead atoms. The van der Waals surface area contributed by atoms with Crippen molar-refractivity contribution in [2.24, 2.45) is 0 Å². The number of pyridine rings is 1. The third-order valence-electron chi connectivity index (χ3n) is 11.9. The lowest BCUT2D eigenvalue weighted by atomic mass is 9.80. The molecule has 12 rings (SSSR count). The molecule has 0 N–H and O–H groups in total. The Hall–Kier alpha value is -6.49. The van der Waals surface area contributed by atoms with Gasteiger partial charge in [-0.25, -0.2) is 4.98 Å². The maximum atomic E-state index is 5.19. The number of aromatic nitrogens is 3. The summed E-state index contributed by atoms with van der Waals surface area (Å²) in [4.78, 5) is 5.19. The van der Waals surface area contributed by atoms with Crippen molar-refractivity contribution in [3.8, 4) is 33.8 Å². The molecule has 0 spiro atoms. The van der Waals surface area contributed by atoms with Crippen molar-refractivity contribution < 1.29 is 0 Å². The Labute approximate surface area is 316 Å². The molecule has 11 aromatic rings. The molecule has 1 aliphatic carbocycles. The van der Waals surface area contributed by atoms with Crippen LogP contribution in [0.15, 0.2) is 164 Å². The van der Waals surface area contributed by atoms with Crippen LogP contribution in [0.3, 0.4) is 0 Å². The van der Waals surface area contributed by atoms with E-state index in [0.29, 0.717) is 0 Å². The highest BCUT2D eigenvalue weighted by Crippen LogP contribution is 2.53. The van der Waals surface area contributed by atoms with E-state index in [9.17, 15) is 0 Å². The van der Waals surface area contributed by atoms with E-state index in [1.807, 2.05) is 17.5 Å². The van der Waals surface area contributed by atoms with Gasteiger partial charge in [0.15, 0.2) is 0 Å². The lowest BCUT2D eigenvalue weighted by Gasteiger charge is -2.22. The summed E-state index contributed by atoms with van der Waals surface area (Å²) >= 11 is 1.87. The van der Waals surface area contributed by atoms with Crippen LogP contribution in [0.25, 0.3) is 97.5 Å². The monoisotopic (exact) mass is 707 g/mol. The van der Waals surface area contributed by atoms with Crippen molar-refractivity contribution in [2.75, 3.05) is 0 Å². The summed E-state index contributed by atoms with van der Waals surface area (Å²) in [7, 11) is 0. The van der Waals surface area contributed by atoms with E-state index in [2.05, 4.69) is 181 Å². The Morgan fingerprint density at radius 1 is 0.481 bits per heavy atom. The minimum atomic E-state index is -0.109. The molecule has 0 fully saturated rings. The highest BCUT2D eigenvalue weighted by atomic mass is 32.1. The van der Waals surface area contributed by atoms with E-state index >= 15 is 0 Å². The predicted molar refractivity (Wildman–Crippen MR) is 229 cm³/mol. The zero-order valence-corrected chi connectivity index (χ0v) is 30.7. The molecule has 0 radical (unpaired) electrons. The average Bonchev–Trinajstić information content (AvgIpc) is 3.92. The standard InChI is InChI=1S/C50H33N3S/c1-50(2)40-17-9-6-14-33(40)35-22-24-43-48(49(35)50)36-16-7-10-18-41(36)53(43)47-25-21-31(29-51-47)30-20-23-42-37(26-30)38-27-39-34-15-8-11-19-45(34)54-46(39)28-44(38)52(42)32-12-4-3-5-13-32/h3-29H,1-2H3. The van der Waals surface area contributed by atoms with E-state index < -0.39 is 0 Å². The molecule has 7 aromatic carbocycles. The predicted octanol–water partition coefficient (Wildman–Crippen LogP) is 13.6. The number of hydrogen-bond acceptors (Lipinski definition) is 2. The van der Waals surface area contributed by atoms with Crippen molar-refractivity contribution in [3.63, 3.8) is 0 Å². The van der Waals surface area contributed by atoms with Gasteiger partial charge < -0.3 is 4.57 Å². The van der Waals surface area contributed by atoms with E-state index in [1.165, 1.54) is 91.7 Å². The van der Waals surface area contributed by atoms with Gasteiger partial charge >= 0.3 is 0 Å². The van der Waals surface area contributed by atoms with Crippen LogP contribution >= 0.6 is 11.3 Å². The quantitative estimate of drug-likeness (QED) is 0.179. The summed E-state index contributed by atoms with van der Waals surface area (Å²) in [5, 5.41) is 7.73. The minimum absolute atomic E-state index is 0.109. The normalized spacial score (nSPS) is 13.5. The summed E-state index contributed by atoms with van der Waals surface area (Å²) in [6, 6.07) is 57.9. The van der Waals surface area contributed by atoms with Gasteiger partial charge in [-0.05, 0) is 94.5 Å². The first-order chi connectivity index (χ1) is 26.5. The summed E-state index contributed by atoms with van der Waals surface area (Å²) in [6.45, 7) is 4.74. The second-order valence-electron chi connectivity index (χ2n) is 15.2. The van der Waals surface area contributed by atoms with Crippen molar-refractivity contribution in [1.29, 1.82) is 0 Å². The molecule has 254 valence electrons. The van der Waals surface area contributed by atoms with Crippen molar-refractivity contribution in [3.05, 3.63) is 175 Å². The second kappa shape index (κ2) is 10.8. The topological polar surface area (TPSA) is 22.8 Å². The first-order valence-corrected chi connectivity index (χ1v) is 19.4. The van der Waals surface area contributed by atoms with Gasteiger partial charge in [-0.1, -0.05) is 105 Å². The van der Waals surface area contributed by atoms with Gasteiger partial charge in [0, 0.05) is 64.6 Å². The van der Waals surface area contributed by atoms with E-state index in [4.69, 9.17) is 4.98 Å². The highest BCUT2D eigenvalue weighted by molar-refractivity contribution is 7.25.